The molecule has 1 saturated heterocycles. The summed E-state index contributed by atoms with van der Waals surface area (Å²) in [6.45, 7) is 5.63. The molecule has 3 aromatic rings. The van der Waals surface area contributed by atoms with Gasteiger partial charge in [0.25, 0.3) is 0 Å². The van der Waals surface area contributed by atoms with E-state index in [-0.39, 0.29) is 19.1 Å². The SMILES string of the molecule is COCCCN1CCOc2ccc(CO[C@H]3CN(C(=O)OCc4ccccc4)C(C)[C@@H](O)[C@H]3c3ccc(OC)cc3)cc21. The molecule has 0 bridgehead atoms. The van der Waals surface area contributed by atoms with Crippen LogP contribution in [0.4, 0.5) is 10.5 Å². The minimum absolute atomic E-state index is 0.157. The minimum atomic E-state index is -0.871. The van der Waals surface area contributed by atoms with E-state index >= 15 is 0 Å². The van der Waals surface area contributed by atoms with Gasteiger partial charge in [0.15, 0.2) is 0 Å². The van der Waals surface area contributed by atoms with Crippen LogP contribution in [-0.4, -0.2) is 81.4 Å². The number of carbonyl (C=O) groups excluding carboxylic acids is 1. The zero-order valence-corrected chi connectivity index (χ0v) is 25.2. The second kappa shape index (κ2) is 14.6. The summed E-state index contributed by atoms with van der Waals surface area (Å²) in [5, 5.41) is 11.6. The second-order valence-electron chi connectivity index (χ2n) is 11.1. The fraction of sp³-hybridized carbons (Fsp3) is 0.441. The molecule has 3 aromatic carbocycles. The van der Waals surface area contributed by atoms with Crippen LogP contribution in [0.5, 0.6) is 11.5 Å². The molecule has 5 rings (SSSR count). The van der Waals surface area contributed by atoms with Gasteiger partial charge in [0.1, 0.15) is 24.7 Å². The summed E-state index contributed by atoms with van der Waals surface area (Å²) in [6.07, 6.45) is -0.900. The third-order valence-electron chi connectivity index (χ3n) is 8.29. The van der Waals surface area contributed by atoms with Gasteiger partial charge < -0.3 is 38.6 Å². The Bertz CT molecular complexity index is 1320. The first kappa shape index (κ1) is 30.7. The number of hydrogen-bond acceptors (Lipinski definition) is 8. The lowest BCUT2D eigenvalue weighted by Crippen LogP contribution is -2.58. The van der Waals surface area contributed by atoms with E-state index in [1.807, 2.05) is 73.7 Å². The number of carbonyl (C=O) groups is 1. The summed E-state index contributed by atoms with van der Waals surface area (Å²) in [5.74, 6) is 1.24. The normalized spacial score (nSPS) is 21.6. The lowest BCUT2D eigenvalue weighted by Gasteiger charge is -2.45. The Morgan fingerprint density at radius 3 is 2.53 bits per heavy atom. The number of nitrogens with zero attached hydrogens (tertiary/aromatic N) is 2. The molecule has 1 amide bonds. The van der Waals surface area contributed by atoms with Crippen LogP contribution in [0.2, 0.25) is 0 Å². The molecule has 0 saturated carbocycles. The van der Waals surface area contributed by atoms with E-state index in [1.165, 1.54) is 0 Å². The number of likely N-dealkylation sites (tertiary alicyclic amines) is 1. The highest BCUT2D eigenvalue weighted by atomic mass is 16.6. The maximum atomic E-state index is 13.3. The standard InChI is InChI=1S/C34H42N2O7/c1-24-33(37)32(27-11-13-28(40-3)14-12-27)31(21-36(24)34(38)43-22-25-8-5-4-6-9-25)42-23-26-10-15-30-29(20-26)35(17-19-41-30)16-7-18-39-2/h4-6,8-15,20,24,31-33,37H,7,16-19,21-23H2,1-3H3/t24?,31-,32-,33+/m0/s1. The van der Waals surface area contributed by atoms with Gasteiger partial charge in [0, 0.05) is 26.2 Å². The molecule has 1 N–H and O–H groups in total. The maximum Gasteiger partial charge on any atom is 0.410 e. The number of ether oxygens (including phenoxy) is 5. The highest BCUT2D eigenvalue weighted by molar-refractivity contribution is 5.68. The molecule has 0 aliphatic carbocycles. The lowest BCUT2D eigenvalue weighted by molar-refractivity contribution is -0.0906. The summed E-state index contributed by atoms with van der Waals surface area (Å²) in [4.78, 5) is 17.2. The van der Waals surface area contributed by atoms with Crippen LogP contribution in [0.3, 0.4) is 0 Å². The van der Waals surface area contributed by atoms with E-state index in [1.54, 1.807) is 19.1 Å². The van der Waals surface area contributed by atoms with E-state index in [4.69, 9.17) is 23.7 Å². The molecule has 230 valence electrons. The first-order valence-corrected chi connectivity index (χ1v) is 14.9. The minimum Gasteiger partial charge on any atom is -0.497 e. The molecule has 1 fully saturated rings. The molecular formula is C34H42N2O7. The summed E-state index contributed by atoms with van der Waals surface area (Å²) in [5.41, 5.74) is 3.85. The van der Waals surface area contributed by atoms with Crippen molar-refractivity contribution in [1.29, 1.82) is 0 Å². The van der Waals surface area contributed by atoms with Crippen LogP contribution in [0.15, 0.2) is 72.8 Å². The van der Waals surface area contributed by atoms with Crippen molar-refractivity contribution < 1.29 is 33.6 Å². The number of hydrogen-bond donors (Lipinski definition) is 1. The van der Waals surface area contributed by atoms with Gasteiger partial charge in [0.2, 0.25) is 0 Å². The Morgan fingerprint density at radius 2 is 1.79 bits per heavy atom. The van der Waals surface area contributed by atoms with E-state index in [0.717, 1.165) is 53.4 Å². The fourth-order valence-corrected chi connectivity index (χ4v) is 5.86. The third-order valence-corrected chi connectivity index (χ3v) is 8.29. The summed E-state index contributed by atoms with van der Waals surface area (Å²) < 4.78 is 28.7. The van der Waals surface area contributed by atoms with E-state index in [2.05, 4.69) is 11.0 Å². The van der Waals surface area contributed by atoms with Gasteiger partial charge in [-0.25, -0.2) is 4.79 Å². The Morgan fingerprint density at radius 1 is 1.00 bits per heavy atom. The van der Waals surface area contributed by atoms with Crippen molar-refractivity contribution in [3.8, 4) is 11.5 Å². The van der Waals surface area contributed by atoms with Crippen LogP contribution < -0.4 is 14.4 Å². The number of amides is 1. The van der Waals surface area contributed by atoms with Crippen LogP contribution in [-0.2, 0) is 27.4 Å². The number of aliphatic hydroxyl groups is 1. The molecule has 0 spiro atoms. The van der Waals surface area contributed by atoms with Crippen molar-refractivity contribution in [2.75, 3.05) is 52.0 Å². The first-order chi connectivity index (χ1) is 21.0. The average Bonchev–Trinajstić information content (AvgIpc) is 3.05. The number of aliphatic hydroxyl groups excluding tert-OH is 1. The zero-order valence-electron chi connectivity index (χ0n) is 25.2. The number of rotatable bonds is 11. The molecule has 1 unspecified atom stereocenters. The van der Waals surface area contributed by atoms with Crippen molar-refractivity contribution in [2.45, 2.75) is 50.7 Å². The van der Waals surface area contributed by atoms with E-state index in [9.17, 15) is 9.90 Å². The number of fused-ring (bicyclic) bond motifs is 1. The molecule has 2 heterocycles. The quantitative estimate of drug-likeness (QED) is 0.312. The molecule has 2 aliphatic heterocycles. The molecular weight excluding hydrogens is 548 g/mol. The van der Waals surface area contributed by atoms with Gasteiger partial charge in [-0.05, 0) is 54.3 Å². The summed E-state index contributed by atoms with van der Waals surface area (Å²) in [7, 11) is 3.34. The summed E-state index contributed by atoms with van der Waals surface area (Å²) in [6, 6.07) is 22.9. The van der Waals surface area contributed by atoms with Crippen LogP contribution in [0, 0.1) is 0 Å². The third kappa shape index (κ3) is 7.41. The highest BCUT2D eigenvalue weighted by Gasteiger charge is 2.44. The van der Waals surface area contributed by atoms with Crippen molar-refractivity contribution in [1.82, 2.24) is 4.90 Å². The number of methoxy groups -OCH3 is 2. The molecule has 9 heteroatoms. The predicted octanol–water partition coefficient (Wildman–Crippen LogP) is 5.00. The van der Waals surface area contributed by atoms with Gasteiger partial charge in [-0.2, -0.15) is 0 Å². The molecule has 0 radical (unpaired) electrons. The van der Waals surface area contributed by atoms with Crippen molar-refractivity contribution in [3.05, 3.63) is 89.5 Å². The van der Waals surface area contributed by atoms with Gasteiger partial charge in [-0.3, -0.25) is 0 Å². The Hall–Kier alpha value is -3.79. The largest absolute Gasteiger partial charge is 0.497 e. The van der Waals surface area contributed by atoms with E-state index in [0.29, 0.717) is 19.8 Å². The topological polar surface area (TPSA) is 89.9 Å². The molecule has 43 heavy (non-hydrogen) atoms. The van der Waals surface area contributed by atoms with Crippen molar-refractivity contribution in [2.24, 2.45) is 0 Å². The van der Waals surface area contributed by atoms with Gasteiger partial charge in [-0.15, -0.1) is 0 Å². The van der Waals surface area contributed by atoms with Crippen LogP contribution in [0.1, 0.15) is 36.0 Å². The van der Waals surface area contributed by atoms with Crippen LogP contribution >= 0.6 is 0 Å². The Kier molecular flexibility index (Phi) is 10.4. The predicted molar refractivity (Wildman–Crippen MR) is 164 cm³/mol. The molecule has 4 atom stereocenters. The van der Waals surface area contributed by atoms with Crippen molar-refractivity contribution in [3.63, 3.8) is 0 Å². The number of anilines is 1. The Balaban J connectivity index is 1.34. The maximum absolute atomic E-state index is 13.3. The molecule has 2 aliphatic rings. The monoisotopic (exact) mass is 590 g/mol. The highest BCUT2D eigenvalue weighted by Crippen LogP contribution is 2.37. The summed E-state index contributed by atoms with van der Waals surface area (Å²) >= 11 is 0. The zero-order chi connectivity index (χ0) is 30.2. The van der Waals surface area contributed by atoms with Gasteiger partial charge in [0.05, 0.1) is 50.7 Å². The van der Waals surface area contributed by atoms with Crippen LogP contribution in [0.25, 0.3) is 0 Å². The van der Waals surface area contributed by atoms with Gasteiger partial charge >= 0.3 is 6.09 Å². The molecule has 0 aromatic heterocycles. The number of benzene rings is 3. The van der Waals surface area contributed by atoms with E-state index < -0.39 is 24.3 Å². The average molecular weight is 591 g/mol. The molecule has 9 nitrogen and oxygen atoms in total. The van der Waals surface area contributed by atoms with Gasteiger partial charge in [-0.1, -0.05) is 48.5 Å². The van der Waals surface area contributed by atoms with Crippen molar-refractivity contribution >= 4 is 11.8 Å². The smallest absolute Gasteiger partial charge is 0.410 e. The fourth-order valence-electron chi connectivity index (χ4n) is 5.86. The Labute approximate surface area is 253 Å². The lowest BCUT2D eigenvalue weighted by atomic mass is 9.81. The second-order valence-corrected chi connectivity index (χ2v) is 11.1. The number of piperidine rings is 1. The first-order valence-electron chi connectivity index (χ1n) is 14.9.